The molecule has 0 unspecified atom stereocenters. The van der Waals surface area contributed by atoms with Gasteiger partial charge in [-0.25, -0.2) is 4.98 Å². The number of hydrogen-bond donors (Lipinski definition) is 2. The molecule has 2 N–H and O–H groups in total. The largest absolute Gasteiger partial charge is 0.348 e. The fraction of sp³-hybridized carbons (Fsp3) is 0.424. The fourth-order valence-corrected chi connectivity index (χ4v) is 6.18. The van der Waals surface area contributed by atoms with Gasteiger partial charge in [0.1, 0.15) is 30.1 Å². The highest BCUT2D eigenvalue weighted by Crippen LogP contribution is 2.23. The van der Waals surface area contributed by atoms with Gasteiger partial charge in [0.2, 0.25) is 23.6 Å². The van der Waals surface area contributed by atoms with Crippen molar-refractivity contribution >= 4 is 34.7 Å². The molecule has 0 radical (unpaired) electrons. The first-order chi connectivity index (χ1) is 22.3. The van der Waals surface area contributed by atoms with E-state index in [-0.39, 0.29) is 69.2 Å². The minimum absolute atomic E-state index is 0.0126. The molecule has 13 heteroatoms. The number of carbonyl (C=O) groups is 4. The van der Waals surface area contributed by atoms with E-state index in [1.165, 1.54) is 4.90 Å². The summed E-state index contributed by atoms with van der Waals surface area (Å²) in [7, 11) is 0. The third-order valence-electron chi connectivity index (χ3n) is 8.55. The van der Waals surface area contributed by atoms with Crippen LogP contribution in [-0.4, -0.2) is 89.7 Å². The van der Waals surface area contributed by atoms with Gasteiger partial charge >= 0.3 is 0 Å². The Morgan fingerprint density at radius 2 is 1.78 bits per heavy atom. The summed E-state index contributed by atoms with van der Waals surface area (Å²) in [5.74, 6) is -0.283. The van der Waals surface area contributed by atoms with Crippen LogP contribution >= 0.6 is 0 Å². The molecule has 240 valence electrons. The zero-order valence-electron chi connectivity index (χ0n) is 26.1. The maximum absolute atomic E-state index is 14.2. The van der Waals surface area contributed by atoms with Gasteiger partial charge in [-0.15, -0.1) is 5.10 Å². The molecule has 2 bridgehead atoms. The number of carbonyl (C=O) groups excluding carboxylic acids is 4. The van der Waals surface area contributed by atoms with E-state index >= 15 is 0 Å². The van der Waals surface area contributed by atoms with Crippen molar-refractivity contribution in [2.24, 2.45) is 0 Å². The average molecular weight is 626 g/mol. The van der Waals surface area contributed by atoms with Crippen LogP contribution in [0.15, 0.2) is 60.8 Å². The lowest BCUT2D eigenvalue weighted by Gasteiger charge is -2.42. The molecular formula is C33H39N9O4. The summed E-state index contributed by atoms with van der Waals surface area (Å²) < 4.78 is 3.57. The van der Waals surface area contributed by atoms with Gasteiger partial charge < -0.3 is 25.0 Å². The summed E-state index contributed by atoms with van der Waals surface area (Å²) in [5.41, 5.74) is 3.13. The van der Waals surface area contributed by atoms with Crippen molar-refractivity contribution < 1.29 is 19.2 Å². The molecule has 2 atom stereocenters. The van der Waals surface area contributed by atoms with Crippen LogP contribution < -0.4 is 10.6 Å². The lowest BCUT2D eigenvalue weighted by molar-refractivity contribution is -0.150. The minimum atomic E-state index is -0.968. The molecule has 2 aliphatic rings. The molecular weight excluding hydrogens is 586 g/mol. The highest BCUT2D eigenvalue weighted by molar-refractivity contribution is 5.93. The van der Waals surface area contributed by atoms with E-state index in [4.69, 9.17) is 4.98 Å². The van der Waals surface area contributed by atoms with Crippen molar-refractivity contribution in [1.29, 1.82) is 0 Å². The molecule has 4 heterocycles. The second-order valence-electron chi connectivity index (χ2n) is 12.2. The number of piperazine rings is 1. The monoisotopic (exact) mass is 625 g/mol. The molecule has 0 saturated carbocycles. The number of aryl methyl sites for hydroxylation is 1. The van der Waals surface area contributed by atoms with Crippen LogP contribution in [0, 0.1) is 0 Å². The van der Waals surface area contributed by atoms with Gasteiger partial charge in [0.25, 0.3) is 0 Å². The van der Waals surface area contributed by atoms with Crippen molar-refractivity contribution in [3.8, 4) is 0 Å². The topological polar surface area (TPSA) is 147 Å². The summed E-state index contributed by atoms with van der Waals surface area (Å²) in [6, 6.07) is 15.3. The summed E-state index contributed by atoms with van der Waals surface area (Å²) in [5, 5.41) is 14.1. The number of rotatable bonds is 5. The van der Waals surface area contributed by atoms with Gasteiger partial charge in [0.05, 0.1) is 30.3 Å². The Balaban J connectivity index is 1.27. The van der Waals surface area contributed by atoms with Gasteiger partial charge in [-0.2, -0.15) is 0 Å². The SMILES string of the molecule is CC(C)c1nc2ccccc2n1CC(=O)N1CCN2C(=O)[C@H](Cc3ccccc3)NC(=O)CCCn3cc(nn3)CNC(=O)[C@H]2C1. The summed E-state index contributed by atoms with van der Waals surface area (Å²) in [6.07, 6.45) is 2.73. The number of aromatic nitrogens is 5. The van der Waals surface area contributed by atoms with Crippen LogP contribution in [0.4, 0.5) is 0 Å². The first kappa shape index (κ1) is 30.9. The molecule has 1 fully saturated rings. The number of hydrogen-bond acceptors (Lipinski definition) is 7. The molecule has 13 nitrogen and oxygen atoms in total. The summed E-state index contributed by atoms with van der Waals surface area (Å²) in [4.78, 5) is 62.8. The highest BCUT2D eigenvalue weighted by Gasteiger charge is 2.40. The molecule has 2 aromatic carbocycles. The zero-order chi connectivity index (χ0) is 32.2. The number of imidazole rings is 1. The number of fused-ring (bicyclic) bond motifs is 4. The van der Waals surface area contributed by atoms with Crippen LogP contribution in [0.3, 0.4) is 0 Å². The predicted molar refractivity (Wildman–Crippen MR) is 169 cm³/mol. The molecule has 6 rings (SSSR count). The molecule has 1 saturated heterocycles. The van der Waals surface area contributed by atoms with Crippen molar-refractivity contribution in [2.75, 3.05) is 19.6 Å². The summed E-state index contributed by atoms with van der Waals surface area (Å²) >= 11 is 0. The number of nitrogens with one attached hydrogen (secondary N) is 2. The van der Waals surface area contributed by atoms with Crippen molar-refractivity contribution in [3.63, 3.8) is 0 Å². The normalized spacial score (nSPS) is 19.8. The van der Waals surface area contributed by atoms with Gasteiger partial charge in [-0.3, -0.25) is 23.9 Å². The first-order valence-corrected chi connectivity index (χ1v) is 15.8. The van der Waals surface area contributed by atoms with E-state index in [1.54, 1.807) is 15.8 Å². The third-order valence-corrected chi connectivity index (χ3v) is 8.55. The van der Waals surface area contributed by atoms with Crippen molar-refractivity contribution in [2.45, 2.75) is 70.7 Å². The molecule has 0 aliphatic carbocycles. The van der Waals surface area contributed by atoms with Crippen LogP contribution in [0.2, 0.25) is 0 Å². The van der Waals surface area contributed by atoms with Crippen molar-refractivity contribution in [1.82, 2.24) is 45.0 Å². The molecule has 2 aliphatic heterocycles. The van der Waals surface area contributed by atoms with E-state index in [2.05, 4.69) is 20.9 Å². The van der Waals surface area contributed by atoms with Gasteiger partial charge in [-0.05, 0) is 24.1 Å². The van der Waals surface area contributed by atoms with E-state index in [0.29, 0.717) is 18.7 Å². The lowest BCUT2D eigenvalue weighted by Crippen LogP contribution is -2.64. The molecule has 0 spiro atoms. The Morgan fingerprint density at radius 1 is 1.00 bits per heavy atom. The molecule has 2 aromatic heterocycles. The number of amides is 4. The van der Waals surface area contributed by atoms with Crippen LogP contribution in [-0.2, 0) is 45.2 Å². The first-order valence-electron chi connectivity index (χ1n) is 15.8. The summed E-state index contributed by atoms with van der Waals surface area (Å²) in [6.45, 7) is 5.14. The van der Waals surface area contributed by atoms with Gasteiger partial charge in [0.15, 0.2) is 0 Å². The van der Waals surface area contributed by atoms with Crippen molar-refractivity contribution in [3.05, 3.63) is 77.9 Å². The maximum atomic E-state index is 14.2. The Bertz CT molecular complexity index is 1730. The van der Waals surface area contributed by atoms with E-state index in [0.717, 1.165) is 22.4 Å². The van der Waals surface area contributed by atoms with E-state index in [9.17, 15) is 19.2 Å². The van der Waals surface area contributed by atoms with Crippen LogP contribution in [0.1, 0.15) is 49.7 Å². The van der Waals surface area contributed by atoms with Gasteiger partial charge in [0, 0.05) is 38.4 Å². The average Bonchev–Trinajstić information content (AvgIpc) is 3.67. The Labute approximate surface area is 266 Å². The Kier molecular flexibility index (Phi) is 9.08. The lowest BCUT2D eigenvalue weighted by atomic mass is 10.0. The molecule has 4 aromatic rings. The number of para-hydroxylation sites is 2. The standard InChI is InChI=1S/C33H39N9O4/c1-22(2)31-36-25-11-6-7-12-27(25)42(31)21-30(44)39-15-16-41-28(20-39)32(45)34-18-24-19-40(38-37-24)14-8-13-29(43)35-26(33(41)46)17-23-9-4-3-5-10-23/h3-7,9-12,19,22,26,28H,8,13-18,20-21H2,1-2H3,(H,34,45)(H,35,43)/t26-,28+/m0/s1. The Hall–Kier alpha value is -5.07. The quantitative estimate of drug-likeness (QED) is 0.343. The predicted octanol–water partition coefficient (Wildman–Crippen LogP) is 1.63. The highest BCUT2D eigenvalue weighted by atomic mass is 16.2. The van der Waals surface area contributed by atoms with Crippen LogP contribution in [0.5, 0.6) is 0 Å². The second-order valence-corrected chi connectivity index (χ2v) is 12.2. The van der Waals surface area contributed by atoms with E-state index in [1.807, 2.05) is 73.0 Å². The zero-order valence-corrected chi connectivity index (χ0v) is 26.1. The maximum Gasteiger partial charge on any atom is 0.246 e. The fourth-order valence-electron chi connectivity index (χ4n) is 6.18. The number of nitrogens with zero attached hydrogens (tertiary/aromatic N) is 7. The molecule has 4 amide bonds. The third kappa shape index (κ3) is 6.77. The smallest absolute Gasteiger partial charge is 0.246 e. The Morgan fingerprint density at radius 3 is 2.59 bits per heavy atom. The number of benzene rings is 2. The molecule has 46 heavy (non-hydrogen) atoms. The van der Waals surface area contributed by atoms with Crippen LogP contribution in [0.25, 0.3) is 11.0 Å². The second kappa shape index (κ2) is 13.5. The van der Waals surface area contributed by atoms with Gasteiger partial charge in [-0.1, -0.05) is 61.5 Å². The van der Waals surface area contributed by atoms with E-state index < -0.39 is 18.0 Å². The minimum Gasteiger partial charge on any atom is -0.348 e.